The average molecular weight is 153 g/mol. The number of alkyl halides is 3. The Morgan fingerprint density at radius 1 is 1.56 bits per heavy atom. The highest BCUT2D eigenvalue weighted by molar-refractivity contribution is 8.04. The summed E-state index contributed by atoms with van der Waals surface area (Å²) in [4.78, 5) is 0. The molecular weight excluding hydrogens is 151 g/mol. The maximum Gasteiger partial charge on any atom is 0.431 e. The van der Waals surface area contributed by atoms with Gasteiger partial charge in [-0.15, -0.1) is 0 Å². The second-order valence-electron chi connectivity index (χ2n) is 1.37. The summed E-state index contributed by atoms with van der Waals surface area (Å²) in [6.07, 6.45) is -4.25. The molecule has 0 unspecified atom stereocenters. The molecule has 0 aliphatic carbocycles. The molecule has 5 heteroatoms. The monoisotopic (exact) mass is 153 g/mol. The molecule has 0 bridgehead atoms. The van der Waals surface area contributed by atoms with E-state index in [0.717, 1.165) is 17.2 Å². The number of halogens is 3. The first kappa shape index (κ1) is 6.80. The van der Waals surface area contributed by atoms with E-state index in [4.69, 9.17) is 0 Å². The molecule has 9 heavy (non-hydrogen) atoms. The topological polar surface area (TPSA) is 12.0 Å². The Bertz CT molecular complexity index is 139. The molecule has 0 aromatic heterocycles. The number of rotatable bonds is 0. The molecule has 1 nitrogen and oxygen atoms in total. The van der Waals surface area contributed by atoms with Crippen molar-refractivity contribution >= 4 is 11.8 Å². The second kappa shape index (κ2) is 2.13. The van der Waals surface area contributed by atoms with Gasteiger partial charge in [-0.1, -0.05) is 11.8 Å². The quantitative estimate of drug-likeness (QED) is 0.568. The molecular formula is C4H2F3NS. The Hall–Kier alpha value is -0.320. The van der Waals surface area contributed by atoms with Gasteiger partial charge >= 0.3 is 6.18 Å². The summed E-state index contributed by atoms with van der Waals surface area (Å²) in [5.74, 6) is 2.23. The largest absolute Gasteiger partial charge is 0.431 e. The van der Waals surface area contributed by atoms with Gasteiger partial charge in [-0.05, 0) is 0 Å². The number of allylic oxidation sites excluding steroid dienone is 1. The SMILES string of the molecule is FC(F)(F)C1=CS[C]N1. The van der Waals surface area contributed by atoms with E-state index in [1.807, 2.05) is 5.32 Å². The first-order valence-electron chi connectivity index (χ1n) is 2.05. The van der Waals surface area contributed by atoms with E-state index in [1.165, 1.54) is 0 Å². The van der Waals surface area contributed by atoms with Crippen LogP contribution >= 0.6 is 11.8 Å². The zero-order chi connectivity index (χ0) is 6.91. The van der Waals surface area contributed by atoms with Crippen molar-refractivity contribution in [3.8, 4) is 0 Å². The fourth-order valence-electron chi connectivity index (χ4n) is 0.340. The predicted octanol–water partition coefficient (Wildman–Crippen LogP) is 1.72. The highest BCUT2D eigenvalue weighted by Crippen LogP contribution is 2.30. The van der Waals surface area contributed by atoms with E-state index in [9.17, 15) is 13.2 Å². The molecule has 0 saturated heterocycles. The fraction of sp³-hybridized carbons (Fsp3) is 0.250. The van der Waals surface area contributed by atoms with Crippen LogP contribution in [0.3, 0.4) is 0 Å². The summed E-state index contributed by atoms with van der Waals surface area (Å²) in [6, 6.07) is 0. The summed E-state index contributed by atoms with van der Waals surface area (Å²) < 4.78 is 34.7. The Morgan fingerprint density at radius 3 is 2.44 bits per heavy atom. The van der Waals surface area contributed by atoms with Crippen LogP contribution in [0.15, 0.2) is 11.1 Å². The second-order valence-corrected chi connectivity index (χ2v) is 2.05. The highest BCUT2D eigenvalue weighted by atomic mass is 32.2. The van der Waals surface area contributed by atoms with E-state index >= 15 is 0 Å². The average Bonchev–Trinajstić information content (AvgIpc) is 2.08. The van der Waals surface area contributed by atoms with Crippen LogP contribution in [0, 0.1) is 5.88 Å². The third-order valence-electron chi connectivity index (χ3n) is 0.727. The van der Waals surface area contributed by atoms with Crippen molar-refractivity contribution in [1.82, 2.24) is 5.32 Å². The summed E-state index contributed by atoms with van der Waals surface area (Å²) in [6.45, 7) is 0. The van der Waals surface area contributed by atoms with Gasteiger partial charge in [-0.2, -0.15) is 13.2 Å². The van der Waals surface area contributed by atoms with Gasteiger partial charge in [0.05, 0.1) is 0 Å². The lowest BCUT2D eigenvalue weighted by atomic mass is 10.5. The lowest BCUT2D eigenvalue weighted by Crippen LogP contribution is -2.20. The first-order valence-corrected chi connectivity index (χ1v) is 2.93. The molecule has 1 aliphatic rings. The lowest BCUT2D eigenvalue weighted by Gasteiger charge is -2.05. The molecule has 0 aromatic rings. The van der Waals surface area contributed by atoms with E-state index in [0.29, 0.717) is 0 Å². The molecule has 0 saturated carbocycles. The van der Waals surface area contributed by atoms with Gasteiger partial charge in [-0.3, -0.25) is 0 Å². The van der Waals surface area contributed by atoms with Crippen molar-refractivity contribution in [1.29, 1.82) is 0 Å². The maximum absolute atomic E-state index is 11.6. The van der Waals surface area contributed by atoms with Gasteiger partial charge in [0.15, 0.2) is 5.88 Å². The number of thioether (sulfide) groups is 1. The van der Waals surface area contributed by atoms with Crippen molar-refractivity contribution < 1.29 is 13.2 Å². The molecule has 0 spiro atoms. The highest BCUT2D eigenvalue weighted by Gasteiger charge is 2.35. The Balaban J connectivity index is 2.61. The minimum Gasteiger partial charge on any atom is -0.361 e. The van der Waals surface area contributed by atoms with Crippen LogP contribution in [0.5, 0.6) is 0 Å². The molecule has 2 radical (unpaired) electrons. The van der Waals surface area contributed by atoms with E-state index in [2.05, 4.69) is 5.88 Å². The van der Waals surface area contributed by atoms with Gasteiger partial charge in [0.2, 0.25) is 0 Å². The normalized spacial score (nSPS) is 19.2. The molecule has 1 aliphatic heterocycles. The van der Waals surface area contributed by atoms with Crippen molar-refractivity contribution in [3.05, 3.63) is 17.0 Å². The van der Waals surface area contributed by atoms with Crippen LogP contribution in [-0.2, 0) is 0 Å². The minimum atomic E-state index is -4.25. The number of hydrogen-bond donors (Lipinski definition) is 1. The molecule has 0 fully saturated rings. The van der Waals surface area contributed by atoms with Crippen LogP contribution in [-0.4, -0.2) is 6.18 Å². The Labute approximate surface area is 54.3 Å². The van der Waals surface area contributed by atoms with Crippen LogP contribution in [0.1, 0.15) is 0 Å². The summed E-state index contributed by atoms with van der Waals surface area (Å²) >= 11 is 0.866. The number of hydrogen-bond acceptors (Lipinski definition) is 2. The van der Waals surface area contributed by atoms with E-state index in [-0.39, 0.29) is 0 Å². The van der Waals surface area contributed by atoms with Gasteiger partial charge in [0.1, 0.15) is 5.70 Å². The molecule has 0 aromatic carbocycles. The predicted molar refractivity (Wildman–Crippen MR) is 28.1 cm³/mol. The summed E-state index contributed by atoms with van der Waals surface area (Å²) in [5, 5.41) is 2.92. The summed E-state index contributed by atoms with van der Waals surface area (Å²) in [7, 11) is 0. The van der Waals surface area contributed by atoms with Gasteiger partial charge in [-0.25, -0.2) is 0 Å². The smallest absolute Gasteiger partial charge is 0.361 e. The zero-order valence-corrected chi connectivity index (χ0v) is 4.94. The molecule has 50 valence electrons. The van der Waals surface area contributed by atoms with Crippen LogP contribution in [0.2, 0.25) is 0 Å². The Kier molecular flexibility index (Phi) is 1.61. The zero-order valence-electron chi connectivity index (χ0n) is 4.12. The van der Waals surface area contributed by atoms with Crippen molar-refractivity contribution in [2.24, 2.45) is 0 Å². The number of nitrogens with one attached hydrogen (secondary N) is 1. The standard InChI is InChI=1S/C4H2F3NS/c5-4(6,7)3-1-9-2-8-3/h1,8H. The lowest BCUT2D eigenvalue weighted by molar-refractivity contribution is -0.0950. The molecule has 1 N–H and O–H groups in total. The first-order chi connectivity index (χ1) is 4.11. The van der Waals surface area contributed by atoms with Gasteiger partial charge in [0, 0.05) is 5.41 Å². The molecule has 0 amide bonds. The third kappa shape index (κ3) is 1.54. The minimum absolute atomic E-state index is 0.743. The van der Waals surface area contributed by atoms with Gasteiger partial charge < -0.3 is 5.32 Å². The Morgan fingerprint density at radius 2 is 2.22 bits per heavy atom. The van der Waals surface area contributed by atoms with Crippen LogP contribution < -0.4 is 5.32 Å². The van der Waals surface area contributed by atoms with Crippen molar-refractivity contribution in [2.75, 3.05) is 0 Å². The fourth-order valence-corrected chi connectivity index (χ4v) is 0.878. The molecule has 1 rings (SSSR count). The van der Waals surface area contributed by atoms with Crippen LogP contribution in [0.4, 0.5) is 13.2 Å². The maximum atomic E-state index is 11.6. The molecule has 0 atom stereocenters. The van der Waals surface area contributed by atoms with Gasteiger partial charge in [0.25, 0.3) is 0 Å². The molecule has 1 heterocycles. The third-order valence-corrected chi connectivity index (χ3v) is 1.30. The summed E-state index contributed by atoms with van der Waals surface area (Å²) in [5.41, 5.74) is -0.743. The van der Waals surface area contributed by atoms with E-state index in [1.54, 1.807) is 0 Å². The van der Waals surface area contributed by atoms with Crippen molar-refractivity contribution in [3.63, 3.8) is 0 Å². The van der Waals surface area contributed by atoms with Crippen LogP contribution in [0.25, 0.3) is 0 Å². The van der Waals surface area contributed by atoms with E-state index < -0.39 is 11.9 Å². The van der Waals surface area contributed by atoms with Crippen molar-refractivity contribution in [2.45, 2.75) is 6.18 Å².